The van der Waals surface area contributed by atoms with E-state index in [2.05, 4.69) is 0 Å². The lowest BCUT2D eigenvalue weighted by atomic mass is 10.3. The molecule has 1 aromatic carbocycles. The van der Waals surface area contributed by atoms with E-state index in [9.17, 15) is 4.79 Å². The molecule has 0 N–H and O–H groups in total. The Labute approximate surface area is 122 Å². The number of hydrogen-bond donors (Lipinski definition) is 0. The molecule has 0 heterocycles. The third-order valence-corrected chi connectivity index (χ3v) is 3.23. The molecule has 0 radical (unpaired) electrons. The molecule has 0 saturated carbocycles. The molecule has 0 saturated heterocycles. The maximum Gasteiger partial charge on any atom is 0.263 e. The summed E-state index contributed by atoms with van der Waals surface area (Å²) < 4.78 is 5.50. The van der Waals surface area contributed by atoms with Crippen molar-refractivity contribution in [1.82, 2.24) is 4.90 Å². The van der Waals surface area contributed by atoms with Crippen LogP contribution in [-0.2, 0) is 4.79 Å². The van der Waals surface area contributed by atoms with Gasteiger partial charge in [0.15, 0.2) is 6.10 Å². The highest BCUT2D eigenvalue weighted by Gasteiger charge is 2.19. The zero-order valence-corrected chi connectivity index (χ0v) is 12.2. The summed E-state index contributed by atoms with van der Waals surface area (Å²) in [4.78, 5) is 13.4. The van der Waals surface area contributed by atoms with Gasteiger partial charge < -0.3 is 9.64 Å². The molecule has 19 heavy (non-hydrogen) atoms. The number of nitrogens with zero attached hydrogens (tertiary/aromatic N) is 2. The Morgan fingerprint density at radius 2 is 2.16 bits per heavy atom. The molecule has 0 bridgehead atoms. The minimum atomic E-state index is -0.652. The summed E-state index contributed by atoms with van der Waals surface area (Å²) in [6.45, 7) is 2.03. The fourth-order valence-corrected chi connectivity index (χ4v) is 1.73. The average molecular weight is 301 g/mol. The number of likely N-dealkylation sites (N-methyl/N-ethyl adjacent to an activating group) is 1. The topological polar surface area (TPSA) is 53.3 Å². The van der Waals surface area contributed by atoms with Gasteiger partial charge in [0.05, 0.1) is 22.5 Å². The maximum absolute atomic E-state index is 11.9. The Kier molecular flexibility index (Phi) is 5.94. The monoisotopic (exact) mass is 300 g/mol. The minimum absolute atomic E-state index is 0.193. The molecule has 0 aliphatic heterocycles. The van der Waals surface area contributed by atoms with E-state index >= 15 is 0 Å². The van der Waals surface area contributed by atoms with Crippen LogP contribution in [0.5, 0.6) is 5.75 Å². The van der Waals surface area contributed by atoms with Crippen LogP contribution < -0.4 is 4.74 Å². The van der Waals surface area contributed by atoms with Gasteiger partial charge in [-0.2, -0.15) is 5.26 Å². The van der Waals surface area contributed by atoms with Crippen LogP contribution >= 0.6 is 23.2 Å². The maximum atomic E-state index is 11.9. The molecule has 1 atom stereocenters. The molecule has 1 rings (SSSR count). The molecule has 4 nitrogen and oxygen atoms in total. The predicted molar refractivity (Wildman–Crippen MR) is 74.4 cm³/mol. The Balaban J connectivity index is 2.63. The molecule has 102 valence electrons. The number of halogens is 2. The van der Waals surface area contributed by atoms with Crippen molar-refractivity contribution in [3.8, 4) is 11.8 Å². The van der Waals surface area contributed by atoms with Crippen LogP contribution in [0.15, 0.2) is 18.2 Å². The van der Waals surface area contributed by atoms with Gasteiger partial charge in [0.1, 0.15) is 5.75 Å². The number of nitriles is 1. The first kappa shape index (κ1) is 15.6. The van der Waals surface area contributed by atoms with Crippen LogP contribution in [0.1, 0.15) is 13.3 Å². The van der Waals surface area contributed by atoms with Crippen molar-refractivity contribution >= 4 is 29.1 Å². The van der Waals surface area contributed by atoms with Crippen LogP contribution in [0.2, 0.25) is 10.0 Å². The van der Waals surface area contributed by atoms with E-state index < -0.39 is 6.10 Å². The number of benzene rings is 1. The second kappa shape index (κ2) is 7.22. The van der Waals surface area contributed by atoms with Gasteiger partial charge >= 0.3 is 0 Å². The molecule has 1 amide bonds. The molecule has 0 spiro atoms. The van der Waals surface area contributed by atoms with Gasteiger partial charge in [-0.1, -0.05) is 23.2 Å². The van der Waals surface area contributed by atoms with Gasteiger partial charge in [0.25, 0.3) is 5.91 Å². The van der Waals surface area contributed by atoms with Gasteiger partial charge in [-0.15, -0.1) is 0 Å². The highest BCUT2D eigenvalue weighted by atomic mass is 35.5. The average Bonchev–Trinajstić information content (AvgIpc) is 2.39. The Morgan fingerprint density at radius 1 is 1.47 bits per heavy atom. The minimum Gasteiger partial charge on any atom is -0.481 e. The fraction of sp³-hybridized carbons (Fsp3) is 0.385. The molecule has 6 heteroatoms. The molecule has 0 fully saturated rings. The first-order chi connectivity index (χ1) is 8.95. The largest absolute Gasteiger partial charge is 0.481 e. The first-order valence-corrected chi connectivity index (χ1v) is 6.45. The molecular formula is C13H14Cl2N2O2. The first-order valence-electron chi connectivity index (χ1n) is 5.69. The summed E-state index contributed by atoms with van der Waals surface area (Å²) in [6, 6.07) is 6.80. The van der Waals surface area contributed by atoms with Crippen molar-refractivity contribution in [3.05, 3.63) is 28.2 Å². The van der Waals surface area contributed by atoms with Gasteiger partial charge in [-0.25, -0.2) is 0 Å². The summed E-state index contributed by atoms with van der Waals surface area (Å²) in [6.07, 6.45) is -0.359. The van der Waals surface area contributed by atoms with E-state index in [1.807, 2.05) is 6.07 Å². The summed E-state index contributed by atoms with van der Waals surface area (Å²) in [5.74, 6) is 0.283. The third kappa shape index (κ3) is 4.62. The van der Waals surface area contributed by atoms with Crippen molar-refractivity contribution < 1.29 is 9.53 Å². The summed E-state index contributed by atoms with van der Waals surface area (Å²) in [5, 5.41) is 9.28. The van der Waals surface area contributed by atoms with Crippen molar-refractivity contribution in [2.45, 2.75) is 19.4 Å². The molecule has 0 aliphatic rings. The Hall–Kier alpha value is -1.44. The van der Waals surface area contributed by atoms with E-state index in [4.69, 9.17) is 33.2 Å². The SMILES string of the molecule is CC(Oc1ccc(Cl)c(Cl)c1)C(=O)N(C)CCC#N. The van der Waals surface area contributed by atoms with Crippen LogP contribution in [0.4, 0.5) is 0 Å². The van der Waals surface area contributed by atoms with Crippen molar-refractivity contribution in [1.29, 1.82) is 5.26 Å². The molecule has 0 aromatic heterocycles. The van der Waals surface area contributed by atoms with Gasteiger partial charge in [-0.05, 0) is 19.1 Å². The van der Waals surface area contributed by atoms with Gasteiger partial charge in [0.2, 0.25) is 0 Å². The summed E-state index contributed by atoms with van der Waals surface area (Å²) in [7, 11) is 1.63. The smallest absolute Gasteiger partial charge is 0.263 e. The number of hydrogen-bond acceptors (Lipinski definition) is 3. The Bertz CT molecular complexity index is 500. The second-order valence-corrected chi connectivity index (χ2v) is 4.82. The van der Waals surface area contributed by atoms with Crippen molar-refractivity contribution in [2.75, 3.05) is 13.6 Å². The molecular weight excluding hydrogens is 287 g/mol. The molecule has 1 unspecified atom stereocenters. The van der Waals surface area contributed by atoms with Crippen molar-refractivity contribution in [2.24, 2.45) is 0 Å². The molecule has 1 aromatic rings. The fourth-order valence-electron chi connectivity index (χ4n) is 1.44. The normalized spacial score (nSPS) is 11.5. The zero-order chi connectivity index (χ0) is 14.4. The van der Waals surface area contributed by atoms with Gasteiger partial charge in [-0.3, -0.25) is 4.79 Å². The van der Waals surface area contributed by atoms with E-state index in [1.54, 1.807) is 32.2 Å². The summed E-state index contributed by atoms with van der Waals surface area (Å²) >= 11 is 11.7. The standard InChI is InChI=1S/C13H14Cl2N2O2/c1-9(13(18)17(2)7-3-6-16)19-10-4-5-11(14)12(15)8-10/h4-5,8-9H,3,7H2,1-2H3. The van der Waals surface area contributed by atoms with E-state index in [1.165, 1.54) is 4.90 Å². The quantitative estimate of drug-likeness (QED) is 0.839. The lowest BCUT2D eigenvalue weighted by Crippen LogP contribution is -2.38. The van der Waals surface area contributed by atoms with E-state index in [0.29, 0.717) is 28.8 Å². The third-order valence-electron chi connectivity index (χ3n) is 2.49. The van der Waals surface area contributed by atoms with E-state index in [0.717, 1.165) is 0 Å². The highest BCUT2D eigenvalue weighted by molar-refractivity contribution is 6.42. The number of ether oxygens (including phenoxy) is 1. The number of carbonyl (C=O) groups is 1. The predicted octanol–water partition coefficient (Wildman–Crippen LogP) is 3.13. The summed E-state index contributed by atoms with van der Waals surface area (Å²) in [5.41, 5.74) is 0. The van der Waals surface area contributed by atoms with E-state index in [-0.39, 0.29) is 5.91 Å². The number of amides is 1. The molecule has 0 aliphatic carbocycles. The Morgan fingerprint density at radius 3 is 2.74 bits per heavy atom. The lowest BCUT2D eigenvalue weighted by Gasteiger charge is -2.21. The highest BCUT2D eigenvalue weighted by Crippen LogP contribution is 2.26. The van der Waals surface area contributed by atoms with Crippen LogP contribution in [-0.4, -0.2) is 30.5 Å². The lowest BCUT2D eigenvalue weighted by molar-refractivity contribution is -0.136. The van der Waals surface area contributed by atoms with Gasteiger partial charge in [0, 0.05) is 19.7 Å². The zero-order valence-electron chi connectivity index (χ0n) is 10.7. The van der Waals surface area contributed by atoms with Crippen LogP contribution in [0, 0.1) is 11.3 Å². The number of carbonyl (C=O) groups excluding carboxylic acids is 1. The van der Waals surface area contributed by atoms with Crippen LogP contribution in [0.3, 0.4) is 0 Å². The number of rotatable bonds is 5. The second-order valence-electron chi connectivity index (χ2n) is 4.00. The van der Waals surface area contributed by atoms with Crippen LogP contribution in [0.25, 0.3) is 0 Å². The van der Waals surface area contributed by atoms with Crippen molar-refractivity contribution in [3.63, 3.8) is 0 Å².